The van der Waals surface area contributed by atoms with E-state index < -0.39 is 38.9 Å². The second-order valence-corrected chi connectivity index (χ2v) is 11.1. The van der Waals surface area contributed by atoms with Crippen LogP contribution < -0.4 is 9.64 Å². The monoisotopic (exact) mass is 502 g/mol. The van der Waals surface area contributed by atoms with E-state index in [0.717, 1.165) is 12.3 Å². The number of alkyl halides is 3. The Labute approximate surface area is 196 Å². The van der Waals surface area contributed by atoms with Gasteiger partial charge in [-0.15, -0.1) is 0 Å². The zero-order valence-corrected chi connectivity index (χ0v) is 20.1. The molecule has 0 aliphatic carbocycles. The van der Waals surface area contributed by atoms with Crippen molar-refractivity contribution in [3.63, 3.8) is 0 Å². The molecule has 0 N–H and O–H groups in total. The molecule has 2 aromatic rings. The van der Waals surface area contributed by atoms with Crippen LogP contribution in [-0.2, 0) is 16.0 Å². The first-order valence-corrected chi connectivity index (χ1v) is 12.4. The average molecular weight is 503 g/mol. The number of rotatable bonds is 4. The zero-order valence-electron chi connectivity index (χ0n) is 19.2. The summed E-state index contributed by atoms with van der Waals surface area (Å²) in [7, 11) is -3.56. The number of hydrogen-bond donors (Lipinski definition) is 0. The standard InChI is InChI=1S/C23H26F4N2O4S/c1-22(2,3)33-20-8-6-16(34(4,31)32)14-17(20)21(30)29-11-9-28(10-12-29)15-5-7-18(19(24)13-15)23(25,26)27/h5-8,13-14H,9-12H2,1-4H3. The molecule has 1 aliphatic rings. The third kappa shape index (κ3) is 5.99. The van der Waals surface area contributed by atoms with Crippen molar-refractivity contribution < 1.29 is 35.5 Å². The van der Waals surface area contributed by atoms with E-state index in [4.69, 9.17) is 4.74 Å². The Hall–Kier alpha value is -2.82. The number of carbonyl (C=O) groups is 1. The van der Waals surface area contributed by atoms with Crippen LogP contribution in [0.2, 0.25) is 0 Å². The number of benzene rings is 2. The predicted octanol–water partition coefficient (Wildman–Crippen LogP) is 4.39. The molecule has 186 valence electrons. The number of ether oxygens (including phenoxy) is 1. The van der Waals surface area contributed by atoms with E-state index in [1.54, 1.807) is 25.7 Å². The van der Waals surface area contributed by atoms with Crippen LogP contribution in [0.1, 0.15) is 36.7 Å². The van der Waals surface area contributed by atoms with Gasteiger partial charge < -0.3 is 14.5 Å². The second kappa shape index (κ2) is 9.09. The van der Waals surface area contributed by atoms with Crippen LogP contribution in [0.4, 0.5) is 23.2 Å². The van der Waals surface area contributed by atoms with Gasteiger partial charge in [0.05, 0.1) is 16.0 Å². The van der Waals surface area contributed by atoms with Gasteiger partial charge in [-0.05, 0) is 57.2 Å². The Morgan fingerprint density at radius 2 is 1.59 bits per heavy atom. The molecule has 2 aromatic carbocycles. The molecule has 34 heavy (non-hydrogen) atoms. The molecular weight excluding hydrogens is 476 g/mol. The van der Waals surface area contributed by atoms with E-state index in [9.17, 15) is 30.8 Å². The Morgan fingerprint density at radius 3 is 2.09 bits per heavy atom. The number of carbonyl (C=O) groups excluding carboxylic acids is 1. The van der Waals surface area contributed by atoms with Gasteiger partial charge in [-0.2, -0.15) is 13.2 Å². The number of amides is 1. The summed E-state index contributed by atoms with van der Waals surface area (Å²) in [6.45, 7) is 6.34. The number of halogens is 4. The lowest BCUT2D eigenvalue weighted by Gasteiger charge is -2.36. The molecule has 0 unspecified atom stereocenters. The summed E-state index contributed by atoms with van der Waals surface area (Å²) in [5, 5.41) is 0. The highest BCUT2D eigenvalue weighted by Crippen LogP contribution is 2.33. The molecule has 1 heterocycles. The number of sulfone groups is 1. The maximum absolute atomic E-state index is 14.0. The van der Waals surface area contributed by atoms with Crippen LogP contribution in [0.3, 0.4) is 0 Å². The van der Waals surface area contributed by atoms with Crippen molar-refractivity contribution in [2.24, 2.45) is 0 Å². The lowest BCUT2D eigenvalue weighted by atomic mass is 10.1. The summed E-state index contributed by atoms with van der Waals surface area (Å²) in [6.07, 6.45) is -3.73. The Bertz CT molecular complexity index is 1180. The van der Waals surface area contributed by atoms with Crippen molar-refractivity contribution in [3.05, 3.63) is 53.3 Å². The van der Waals surface area contributed by atoms with E-state index in [0.29, 0.717) is 6.07 Å². The van der Waals surface area contributed by atoms with Gasteiger partial charge in [0, 0.05) is 38.1 Å². The van der Waals surface area contributed by atoms with E-state index >= 15 is 0 Å². The highest BCUT2D eigenvalue weighted by atomic mass is 32.2. The van der Waals surface area contributed by atoms with Crippen molar-refractivity contribution >= 4 is 21.4 Å². The molecule has 0 bridgehead atoms. The minimum absolute atomic E-state index is 0.0176. The van der Waals surface area contributed by atoms with Gasteiger partial charge in [-0.1, -0.05) is 0 Å². The highest BCUT2D eigenvalue weighted by Gasteiger charge is 2.34. The fraction of sp³-hybridized carbons (Fsp3) is 0.435. The van der Waals surface area contributed by atoms with Crippen LogP contribution in [0, 0.1) is 5.82 Å². The van der Waals surface area contributed by atoms with Gasteiger partial charge in [0.1, 0.15) is 17.2 Å². The first-order chi connectivity index (χ1) is 15.6. The minimum Gasteiger partial charge on any atom is -0.487 e. The maximum atomic E-state index is 14.0. The number of nitrogens with zero attached hydrogens (tertiary/aromatic N) is 2. The van der Waals surface area contributed by atoms with Gasteiger partial charge in [-0.3, -0.25) is 4.79 Å². The first kappa shape index (κ1) is 25.8. The van der Waals surface area contributed by atoms with Gasteiger partial charge >= 0.3 is 6.18 Å². The fourth-order valence-electron chi connectivity index (χ4n) is 3.59. The van der Waals surface area contributed by atoms with Gasteiger partial charge in [-0.25, -0.2) is 12.8 Å². The smallest absolute Gasteiger partial charge is 0.419 e. The van der Waals surface area contributed by atoms with E-state index in [1.807, 2.05) is 0 Å². The van der Waals surface area contributed by atoms with Crippen LogP contribution in [-0.4, -0.2) is 57.3 Å². The molecule has 3 rings (SSSR count). The summed E-state index contributed by atoms with van der Waals surface area (Å²) < 4.78 is 82.3. The first-order valence-electron chi connectivity index (χ1n) is 10.5. The molecule has 0 radical (unpaired) electrons. The van der Waals surface area contributed by atoms with E-state index in [-0.39, 0.29) is 48.1 Å². The number of anilines is 1. The van der Waals surface area contributed by atoms with Gasteiger partial charge in [0.15, 0.2) is 9.84 Å². The lowest BCUT2D eigenvalue weighted by Crippen LogP contribution is -2.49. The molecule has 11 heteroatoms. The molecule has 1 saturated heterocycles. The Balaban J connectivity index is 1.80. The molecule has 6 nitrogen and oxygen atoms in total. The van der Waals surface area contributed by atoms with Gasteiger partial charge in [0.25, 0.3) is 5.91 Å². The van der Waals surface area contributed by atoms with E-state index in [1.165, 1.54) is 29.2 Å². The highest BCUT2D eigenvalue weighted by molar-refractivity contribution is 7.90. The topological polar surface area (TPSA) is 66.9 Å². The van der Waals surface area contributed by atoms with Crippen LogP contribution in [0.5, 0.6) is 5.75 Å². The molecule has 1 amide bonds. The summed E-state index contributed by atoms with van der Waals surface area (Å²) in [5.41, 5.74) is -1.57. The van der Waals surface area contributed by atoms with Crippen molar-refractivity contribution in [2.75, 3.05) is 37.3 Å². The molecule has 0 aromatic heterocycles. The zero-order chi connectivity index (χ0) is 25.5. The largest absolute Gasteiger partial charge is 0.487 e. The SMILES string of the molecule is CC(C)(C)Oc1ccc(S(C)(=O)=O)cc1C(=O)N1CCN(c2ccc(C(F)(F)F)c(F)c2)CC1. The number of hydrogen-bond acceptors (Lipinski definition) is 5. The molecule has 0 atom stereocenters. The average Bonchev–Trinajstić information content (AvgIpc) is 2.70. The minimum atomic E-state index is -4.78. The third-order valence-electron chi connectivity index (χ3n) is 5.22. The predicted molar refractivity (Wildman–Crippen MR) is 119 cm³/mol. The second-order valence-electron chi connectivity index (χ2n) is 9.09. The Kier molecular flexibility index (Phi) is 6.89. The summed E-state index contributed by atoms with van der Waals surface area (Å²) in [4.78, 5) is 16.5. The van der Waals surface area contributed by atoms with Crippen LogP contribution in [0.15, 0.2) is 41.3 Å². The van der Waals surface area contributed by atoms with Gasteiger partial charge in [0.2, 0.25) is 0 Å². The van der Waals surface area contributed by atoms with Crippen molar-refractivity contribution in [2.45, 2.75) is 37.4 Å². The van der Waals surface area contributed by atoms with Crippen LogP contribution >= 0.6 is 0 Å². The fourth-order valence-corrected chi connectivity index (χ4v) is 4.24. The van der Waals surface area contributed by atoms with Crippen LogP contribution in [0.25, 0.3) is 0 Å². The number of piperazine rings is 1. The summed E-state index contributed by atoms with van der Waals surface area (Å²) >= 11 is 0. The molecule has 1 fully saturated rings. The Morgan fingerprint density at radius 1 is 0.971 bits per heavy atom. The van der Waals surface area contributed by atoms with Crippen molar-refractivity contribution in [3.8, 4) is 5.75 Å². The molecule has 0 spiro atoms. The summed E-state index contributed by atoms with van der Waals surface area (Å²) in [6, 6.07) is 6.87. The molecule has 0 saturated carbocycles. The maximum Gasteiger partial charge on any atom is 0.419 e. The third-order valence-corrected chi connectivity index (χ3v) is 6.33. The normalized spacial score (nSPS) is 15.4. The van der Waals surface area contributed by atoms with E-state index in [2.05, 4.69) is 0 Å². The molecular formula is C23H26F4N2O4S. The van der Waals surface area contributed by atoms with Crippen molar-refractivity contribution in [1.29, 1.82) is 0 Å². The van der Waals surface area contributed by atoms with Crippen molar-refractivity contribution in [1.82, 2.24) is 4.90 Å². The lowest BCUT2D eigenvalue weighted by molar-refractivity contribution is -0.139. The summed E-state index contributed by atoms with van der Waals surface area (Å²) in [5.74, 6) is -1.54. The quantitative estimate of drug-likeness (QED) is 0.581. The molecule has 1 aliphatic heterocycles.